The zero-order valence-corrected chi connectivity index (χ0v) is 14.5. The number of rotatable bonds is 3. The number of nitrogens with zero attached hydrogens (tertiary/aromatic N) is 3. The van der Waals surface area contributed by atoms with Crippen LogP contribution >= 0.6 is 11.6 Å². The molecule has 0 unspecified atom stereocenters. The molecule has 0 saturated carbocycles. The van der Waals surface area contributed by atoms with Crippen LogP contribution in [0.25, 0.3) is 11.3 Å². The average molecular weight is 371 g/mol. The Morgan fingerprint density at radius 1 is 1.19 bits per heavy atom. The topological polar surface area (TPSA) is 62.4 Å². The summed E-state index contributed by atoms with van der Waals surface area (Å²) in [5, 5.41) is 19.0. The maximum absolute atomic E-state index is 13.3. The van der Waals surface area contributed by atoms with Gasteiger partial charge in [0.2, 0.25) is 11.8 Å². The predicted molar refractivity (Wildman–Crippen MR) is 99.2 cm³/mol. The van der Waals surface area contributed by atoms with Crippen LogP contribution in [0.3, 0.4) is 0 Å². The number of halogens is 2. The lowest BCUT2D eigenvalue weighted by atomic mass is 10.0. The van der Waals surface area contributed by atoms with Gasteiger partial charge in [0, 0.05) is 29.1 Å². The normalized spacial score (nSPS) is 13.5. The van der Waals surface area contributed by atoms with Gasteiger partial charge in [0.25, 0.3) is 0 Å². The number of nitrogens with one attached hydrogen (secondary N) is 1. The smallest absolute Gasteiger partial charge is 0.222 e. The molecule has 4 rings (SSSR count). The van der Waals surface area contributed by atoms with Crippen molar-refractivity contribution in [2.75, 3.05) is 13.1 Å². The van der Waals surface area contributed by atoms with Crippen LogP contribution in [-0.2, 0) is 6.42 Å². The first-order chi connectivity index (χ1) is 12.6. The molecule has 0 saturated heterocycles. The van der Waals surface area contributed by atoms with E-state index in [0.717, 1.165) is 11.1 Å². The fourth-order valence-electron chi connectivity index (χ4n) is 2.97. The van der Waals surface area contributed by atoms with E-state index >= 15 is 0 Å². The zero-order chi connectivity index (χ0) is 18.1. The van der Waals surface area contributed by atoms with Crippen molar-refractivity contribution in [1.82, 2.24) is 15.1 Å². The molecule has 7 heteroatoms. The lowest BCUT2D eigenvalue weighted by molar-refractivity contribution is 0.433. The number of benzene rings is 2. The summed E-state index contributed by atoms with van der Waals surface area (Å²) in [5.41, 5.74) is 2.88. The second-order valence-corrected chi connectivity index (χ2v) is 6.44. The second-order valence-electron chi connectivity index (χ2n) is 6.01. The molecule has 2 aromatic carbocycles. The van der Waals surface area contributed by atoms with Crippen molar-refractivity contribution < 1.29 is 9.50 Å². The molecule has 0 radical (unpaired) electrons. The van der Waals surface area contributed by atoms with Crippen molar-refractivity contribution in [3.05, 3.63) is 70.5 Å². The lowest BCUT2D eigenvalue weighted by Crippen LogP contribution is -2.26. The highest BCUT2D eigenvalue weighted by Gasteiger charge is 2.23. The minimum atomic E-state index is -0.323. The van der Waals surface area contributed by atoms with Crippen molar-refractivity contribution in [2.24, 2.45) is 4.99 Å². The molecule has 2 heterocycles. The average Bonchev–Trinajstić information content (AvgIpc) is 3.25. The van der Waals surface area contributed by atoms with Crippen LogP contribution < -0.4 is 5.32 Å². The Labute approximate surface area is 154 Å². The van der Waals surface area contributed by atoms with Crippen LogP contribution in [0.5, 0.6) is 5.88 Å². The van der Waals surface area contributed by atoms with Gasteiger partial charge < -0.3 is 10.4 Å². The van der Waals surface area contributed by atoms with Crippen molar-refractivity contribution >= 4 is 17.6 Å². The van der Waals surface area contributed by atoms with Crippen LogP contribution in [0, 0.1) is 5.82 Å². The fraction of sp³-hybridized carbons (Fsp3) is 0.158. The third kappa shape index (κ3) is 3.15. The molecule has 0 spiro atoms. The highest BCUT2D eigenvalue weighted by Crippen LogP contribution is 2.32. The Morgan fingerprint density at radius 2 is 2.00 bits per heavy atom. The van der Waals surface area contributed by atoms with E-state index in [9.17, 15) is 9.50 Å². The fourth-order valence-corrected chi connectivity index (χ4v) is 3.18. The number of hydrogen-bond donors (Lipinski definition) is 2. The molecule has 2 N–H and O–H groups in total. The number of aromatic hydroxyl groups is 1. The molecule has 0 amide bonds. The Morgan fingerprint density at radius 3 is 2.69 bits per heavy atom. The number of aliphatic imine (C=N–C) groups is 1. The van der Waals surface area contributed by atoms with E-state index in [2.05, 4.69) is 15.4 Å². The van der Waals surface area contributed by atoms with E-state index in [0.29, 0.717) is 41.7 Å². The summed E-state index contributed by atoms with van der Waals surface area (Å²) in [7, 11) is 0. The minimum Gasteiger partial charge on any atom is -0.493 e. The lowest BCUT2D eigenvalue weighted by Gasteiger charge is -2.05. The molecule has 3 aromatic rings. The summed E-state index contributed by atoms with van der Waals surface area (Å²) < 4.78 is 14.7. The monoisotopic (exact) mass is 370 g/mol. The van der Waals surface area contributed by atoms with Gasteiger partial charge in [-0.25, -0.2) is 9.38 Å². The highest BCUT2D eigenvalue weighted by atomic mass is 35.5. The van der Waals surface area contributed by atoms with E-state index < -0.39 is 0 Å². The van der Waals surface area contributed by atoms with Crippen LogP contribution in [-0.4, -0.2) is 33.9 Å². The van der Waals surface area contributed by atoms with Crippen LogP contribution in [0.15, 0.2) is 53.5 Å². The first kappa shape index (κ1) is 16.6. The first-order valence-corrected chi connectivity index (χ1v) is 8.59. The second kappa shape index (κ2) is 6.80. The van der Waals surface area contributed by atoms with Crippen molar-refractivity contribution in [3.8, 4) is 17.1 Å². The summed E-state index contributed by atoms with van der Waals surface area (Å²) in [6.07, 6.45) is 0.437. The van der Waals surface area contributed by atoms with Gasteiger partial charge in [-0.15, -0.1) is 0 Å². The minimum absolute atomic E-state index is 0.0115. The van der Waals surface area contributed by atoms with E-state index in [4.69, 9.17) is 11.6 Å². The van der Waals surface area contributed by atoms with Gasteiger partial charge in [0.1, 0.15) is 11.5 Å². The van der Waals surface area contributed by atoms with Crippen molar-refractivity contribution in [1.29, 1.82) is 0 Å². The summed E-state index contributed by atoms with van der Waals surface area (Å²) in [5.74, 6) is 0.191. The highest BCUT2D eigenvalue weighted by molar-refractivity contribution is 6.30. The van der Waals surface area contributed by atoms with Crippen molar-refractivity contribution in [2.45, 2.75) is 6.42 Å². The molecule has 0 aliphatic carbocycles. The summed E-state index contributed by atoms with van der Waals surface area (Å²) in [4.78, 5) is 4.32. The van der Waals surface area contributed by atoms with Gasteiger partial charge in [0.05, 0.1) is 6.54 Å². The van der Waals surface area contributed by atoms with E-state index in [1.807, 2.05) is 18.2 Å². The summed E-state index contributed by atoms with van der Waals surface area (Å²) >= 11 is 6.08. The molecule has 5 nitrogen and oxygen atoms in total. The number of hydrogen-bond acceptors (Lipinski definition) is 4. The molecule has 132 valence electrons. The summed E-state index contributed by atoms with van der Waals surface area (Å²) in [6, 6.07) is 13.5. The van der Waals surface area contributed by atoms with Gasteiger partial charge in [-0.3, -0.25) is 0 Å². The van der Waals surface area contributed by atoms with Crippen LogP contribution in [0.2, 0.25) is 5.02 Å². The molecule has 0 fully saturated rings. The zero-order valence-electron chi connectivity index (χ0n) is 13.8. The third-order valence-corrected chi connectivity index (χ3v) is 4.44. The molecule has 26 heavy (non-hydrogen) atoms. The van der Waals surface area contributed by atoms with E-state index in [1.165, 1.54) is 16.8 Å². The molecular weight excluding hydrogens is 355 g/mol. The van der Waals surface area contributed by atoms with Crippen LogP contribution in [0.4, 0.5) is 4.39 Å². The Balaban J connectivity index is 1.82. The third-order valence-electron chi connectivity index (χ3n) is 4.20. The number of aromatic nitrogens is 2. The largest absolute Gasteiger partial charge is 0.493 e. The van der Waals surface area contributed by atoms with Gasteiger partial charge in [-0.2, -0.15) is 9.78 Å². The Kier molecular flexibility index (Phi) is 4.34. The summed E-state index contributed by atoms with van der Waals surface area (Å²) in [6.45, 7) is 1.33. The molecule has 1 aliphatic rings. The Hall–Kier alpha value is -2.86. The predicted octanol–water partition coefficient (Wildman–Crippen LogP) is 3.45. The molecule has 0 atom stereocenters. The van der Waals surface area contributed by atoms with Gasteiger partial charge in [0.15, 0.2) is 0 Å². The standard InChI is InChI=1S/C19H16ClFN4O/c20-14-3-1-2-12(10-14)11-16-17(13-4-6-15(21)7-5-13)24-25(18(16)26)19-22-8-9-23-19/h1-7,10,26H,8-9,11H2,(H,22,23). The molecule has 0 bridgehead atoms. The van der Waals surface area contributed by atoms with Crippen LogP contribution in [0.1, 0.15) is 11.1 Å². The van der Waals surface area contributed by atoms with E-state index in [1.54, 1.807) is 18.2 Å². The van der Waals surface area contributed by atoms with Gasteiger partial charge in [-0.05, 0) is 42.0 Å². The molecule has 1 aromatic heterocycles. The first-order valence-electron chi connectivity index (χ1n) is 8.22. The molecular formula is C19H16ClFN4O. The van der Waals surface area contributed by atoms with E-state index in [-0.39, 0.29) is 11.7 Å². The maximum Gasteiger partial charge on any atom is 0.222 e. The van der Waals surface area contributed by atoms with Gasteiger partial charge >= 0.3 is 0 Å². The SMILES string of the molecule is Oc1c(Cc2cccc(Cl)c2)c(-c2ccc(F)cc2)nn1C1=NCCN1. The Bertz CT molecular complexity index is 982. The maximum atomic E-state index is 13.3. The van der Waals surface area contributed by atoms with Gasteiger partial charge in [-0.1, -0.05) is 23.7 Å². The molecule has 1 aliphatic heterocycles. The van der Waals surface area contributed by atoms with Crippen molar-refractivity contribution in [3.63, 3.8) is 0 Å². The quantitative estimate of drug-likeness (QED) is 0.742.